The Bertz CT molecular complexity index is 370. The highest BCUT2D eigenvalue weighted by Gasteiger charge is 2.22. The van der Waals surface area contributed by atoms with Crippen LogP contribution in [0.5, 0.6) is 0 Å². The zero-order valence-corrected chi connectivity index (χ0v) is 7.86. The molecule has 3 N–H and O–H groups in total. The van der Waals surface area contributed by atoms with Crippen molar-refractivity contribution in [1.29, 1.82) is 0 Å². The first-order valence-corrected chi connectivity index (χ1v) is 4.75. The Kier molecular flexibility index (Phi) is 2.25. The predicted molar refractivity (Wildman–Crippen MR) is 50.0 cm³/mol. The van der Waals surface area contributed by atoms with Gasteiger partial charge in [0, 0.05) is 18.8 Å². The summed E-state index contributed by atoms with van der Waals surface area (Å²) in [7, 11) is 0. The molecular weight excluding hydrogens is 182 g/mol. The van der Waals surface area contributed by atoms with Crippen LogP contribution in [0.4, 0.5) is 0 Å². The first kappa shape index (κ1) is 9.21. The lowest BCUT2D eigenvalue weighted by molar-refractivity contribution is 0.0677. The molecule has 0 amide bonds. The van der Waals surface area contributed by atoms with E-state index in [1.54, 1.807) is 4.57 Å². The van der Waals surface area contributed by atoms with Gasteiger partial charge in [-0.25, -0.2) is 9.78 Å². The fourth-order valence-corrected chi connectivity index (χ4v) is 1.95. The smallest absolute Gasteiger partial charge is 0.372 e. The highest BCUT2D eigenvalue weighted by atomic mass is 16.4. The molecule has 1 aliphatic rings. The van der Waals surface area contributed by atoms with Gasteiger partial charge in [0.25, 0.3) is 0 Å². The van der Waals surface area contributed by atoms with Gasteiger partial charge in [0.1, 0.15) is 0 Å². The number of nitrogens with two attached hydrogens (primary N) is 1. The molecule has 14 heavy (non-hydrogen) atoms. The number of imidazole rings is 1. The van der Waals surface area contributed by atoms with Crippen molar-refractivity contribution in [2.75, 3.05) is 0 Å². The highest BCUT2D eigenvalue weighted by Crippen LogP contribution is 2.20. The Morgan fingerprint density at radius 1 is 1.57 bits per heavy atom. The van der Waals surface area contributed by atoms with Crippen molar-refractivity contribution in [3.05, 3.63) is 17.2 Å². The largest absolute Gasteiger partial charge is 0.475 e. The van der Waals surface area contributed by atoms with Gasteiger partial charge in [-0.1, -0.05) is 0 Å². The van der Waals surface area contributed by atoms with E-state index in [-0.39, 0.29) is 5.82 Å². The van der Waals surface area contributed by atoms with E-state index in [2.05, 4.69) is 4.98 Å². The van der Waals surface area contributed by atoms with Crippen molar-refractivity contribution in [3.63, 3.8) is 0 Å². The third kappa shape index (κ3) is 1.29. The first-order chi connectivity index (χ1) is 6.74. The summed E-state index contributed by atoms with van der Waals surface area (Å²) in [5, 5.41) is 8.93. The molecule has 0 radical (unpaired) electrons. The van der Waals surface area contributed by atoms with Crippen molar-refractivity contribution < 1.29 is 9.90 Å². The minimum absolute atomic E-state index is 0.139. The molecule has 0 unspecified atom stereocenters. The zero-order chi connectivity index (χ0) is 10.1. The van der Waals surface area contributed by atoms with Crippen LogP contribution in [0.15, 0.2) is 0 Å². The summed E-state index contributed by atoms with van der Waals surface area (Å²) >= 11 is 0. The molecule has 0 saturated carbocycles. The van der Waals surface area contributed by atoms with Crippen LogP contribution in [0.2, 0.25) is 0 Å². The van der Waals surface area contributed by atoms with Crippen molar-refractivity contribution in [2.24, 2.45) is 5.73 Å². The van der Waals surface area contributed by atoms with Gasteiger partial charge < -0.3 is 15.4 Å². The van der Waals surface area contributed by atoms with Gasteiger partial charge in [0.15, 0.2) is 0 Å². The first-order valence-electron chi connectivity index (χ1n) is 4.75. The molecule has 0 aliphatic carbocycles. The average Bonchev–Trinajstić information content (AvgIpc) is 2.56. The lowest BCUT2D eigenvalue weighted by Gasteiger charge is -2.15. The maximum Gasteiger partial charge on any atom is 0.372 e. The third-order valence-corrected chi connectivity index (χ3v) is 2.59. The average molecular weight is 195 g/mol. The molecule has 0 atom stereocenters. The van der Waals surface area contributed by atoms with Crippen LogP contribution in [-0.4, -0.2) is 20.6 Å². The summed E-state index contributed by atoms with van der Waals surface area (Å²) in [6.07, 6.45) is 3.01. The number of aromatic carboxylic acids is 1. The maximum atomic E-state index is 10.9. The van der Waals surface area contributed by atoms with Gasteiger partial charge in [-0.3, -0.25) is 0 Å². The van der Waals surface area contributed by atoms with Crippen LogP contribution in [0, 0.1) is 0 Å². The second-order valence-electron chi connectivity index (χ2n) is 3.45. The highest BCUT2D eigenvalue weighted by molar-refractivity contribution is 5.84. The Morgan fingerprint density at radius 3 is 3.00 bits per heavy atom. The number of carbonyl (C=O) groups is 1. The lowest BCUT2D eigenvalue weighted by Crippen LogP contribution is -2.16. The maximum absolute atomic E-state index is 10.9. The Balaban J connectivity index is 2.52. The molecule has 1 aromatic rings. The fourth-order valence-electron chi connectivity index (χ4n) is 1.95. The molecule has 5 heteroatoms. The molecule has 2 rings (SSSR count). The van der Waals surface area contributed by atoms with E-state index >= 15 is 0 Å². The van der Waals surface area contributed by atoms with Crippen molar-refractivity contribution in [2.45, 2.75) is 32.4 Å². The number of hydrogen-bond acceptors (Lipinski definition) is 3. The number of carboxylic acid groups (broad SMARTS) is 1. The minimum atomic E-state index is -0.965. The van der Waals surface area contributed by atoms with Gasteiger partial charge in [0.2, 0.25) is 5.82 Å². The summed E-state index contributed by atoms with van der Waals surface area (Å²) in [5.74, 6) is -0.826. The van der Waals surface area contributed by atoms with Crippen LogP contribution < -0.4 is 5.73 Å². The normalized spacial score (nSPS) is 15.2. The van der Waals surface area contributed by atoms with Gasteiger partial charge in [-0.2, -0.15) is 0 Å². The molecule has 1 aliphatic heterocycles. The van der Waals surface area contributed by atoms with Crippen molar-refractivity contribution in [3.8, 4) is 0 Å². The standard InChI is InChI=1S/C9H13N3O2/c10-5-6-7-3-1-2-4-12(7)8(11-6)9(13)14/h1-5,10H2,(H,13,14). The number of aromatic nitrogens is 2. The molecule has 0 aromatic carbocycles. The zero-order valence-electron chi connectivity index (χ0n) is 7.86. The number of nitrogens with zero attached hydrogens (tertiary/aromatic N) is 2. The summed E-state index contributed by atoms with van der Waals surface area (Å²) in [4.78, 5) is 14.9. The van der Waals surface area contributed by atoms with E-state index in [1.165, 1.54) is 0 Å². The van der Waals surface area contributed by atoms with Gasteiger partial charge in [0.05, 0.1) is 5.69 Å². The van der Waals surface area contributed by atoms with E-state index in [9.17, 15) is 4.79 Å². The predicted octanol–water partition coefficient (Wildman–Crippen LogP) is 0.376. The topological polar surface area (TPSA) is 81.1 Å². The minimum Gasteiger partial charge on any atom is -0.475 e. The lowest BCUT2D eigenvalue weighted by atomic mass is 10.1. The molecule has 0 fully saturated rings. The molecule has 0 bridgehead atoms. The number of fused-ring (bicyclic) bond motifs is 1. The van der Waals surface area contributed by atoms with E-state index in [4.69, 9.17) is 10.8 Å². The fraction of sp³-hybridized carbons (Fsp3) is 0.556. The summed E-state index contributed by atoms with van der Waals surface area (Å²) in [6.45, 7) is 1.08. The second kappa shape index (κ2) is 3.42. The molecule has 2 heterocycles. The number of hydrogen-bond donors (Lipinski definition) is 2. The van der Waals surface area contributed by atoms with E-state index < -0.39 is 5.97 Å². The van der Waals surface area contributed by atoms with Crippen LogP contribution in [0.3, 0.4) is 0 Å². The van der Waals surface area contributed by atoms with Crippen LogP contribution in [0.25, 0.3) is 0 Å². The quantitative estimate of drug-likeness (QED) is 0.714. The Morgan fingerprint density at radius 2 is 2.36 bits per heavy atom. The van der Waals surface area contributed by atoms with E-state index in [0.29, 0.717) is 6.54 Å². The molecule has 76 valence electrons. The van der Waals surface area contributed by atoms with E-state index in [0.717, 1.165) is 37.2 Å². The molecular formula is C9H13N3O2. The van der Waals surface area contributed by atoms with Gasteiger partial charge in [-0.15, -0.1) is 0 Å². The summed E-state index contributed by atoms with van der Waals surface area (Å²) in [6, 6.07) is 0. The van der Waals surface area contributed by atoms with Crippen LogP contribution in [-0.2, 0) is 19.5 Å². The number of carboxylic acids is 1. The van der Waals surface area contributed by atoms with Crippen molar-refractivity contribution in [1.82, 2.24) is 9.55 Å². The van der Waals surface area contributed by atoms with Crippen molar-refractivity contribution >= 4 is 5.97 Å². The summed E-state index contributed by atoms with van der Waals surface area (Å²) < 4.78 is 1.79. The molecule has 1 aromatic heterocycles. The van der Waals surface area contributed by atoms with Gasteiger partial charge in [-0.05, 0) is 19.3 Å². The third-order valence-electron chi connectivity index (χ3n) is 2.59. The monoisotopic (exact) mass is 195 g/mol. The molecule has 5 nitrogen and oxygen atoms in total. The number of rotatable bonds is 2. The summed E-state index contributed by atoms with van der Waals surface area (Å²) in [5.41, 5.74) is 7.27. The molecule has 0 spiro atoms. The Labute approximate surface area is 81.5 Å². The van der Waals surface area contributed by atoms with Gasteiger partial charge >= 0.3 is 5.97 Å². The molecule has 0 saturated heterocycles. The Hall–Kier alpha value is -1.36. The van der Waals surface area contributed by atoms with Crippen LogP contribution >= 0.6 is 0 Å². The second-order valence-corrected chi connectivity index (χ2v) is 3.45. The SMILES string of the molecule is NCc1nc(C(=O)O)n2c1CCCC2. The van der Waals surface area contributed by atoms with Crippen LogP contribution in [0.1, 0.15) is 34.8 Å². The van der Waals surface area contributed by atoms with E-state index in [1.807, 2.05) is 0 Å².